The van der Waals surface area contributed by atoms with E-state index in [1.807, 2.05) is 0 Å². The Hall–Kier alpha value is -4.41. The van der Waals surface area contributed by atoms with Crippen molar-refractivity contribution in [2.45, 2.75) is 355 Å². The minimum Gasteiger partial charge on any atom is -0.394 e. The standard InChI is InChI=1S/C70H117N5O49/c1-16-36(87)47(98)50(101)66(108-16)106-15-30-56(45(96)31(61(105)110-30)71-18(3)82)119-64-34(74-21(6)85)46(97)54(27(12-80)115-64)120-68-53(104)58(42(93)29(117-68)14-107-69-59(49(100)40(91)25(10-78)114-69)123-63-33(73-20(5)84)44(95)39(90)24(9-77)112-63)122-70-60(52(103)55(28(13-81)116-70)118-62-32(72-19(4)83)43(94)38(89)23(8-76)111-62)124-65-35(75-22(7)86)57(41(92)26(11-79)113-65)121-67-51(102)48(99)37(88)17(2)109-67/h16-17,23-70,76-81,87-105H,8-15H2,1-7H3,(H,71,82)(H,72,83)(H,73,84)(H,74,85)(H,75,86)/t16-,17-,23+,24+,25+,26+,27+,28+,29+,30+,31+,32+,33+,34+,35+,36+,37+,38+,39+,40+,41+,42+,43+,44+,45+,46+,47+,48+,49-,50-,51-,52-,53-,54+,55+,56+,57+,58-,59-,60-,61+,62-,63-,64-,65-,66+,67-,68-,69-,70+/m0/s1. The van der Waals surface area contributed by atoms with Gasteiger partial charge < -0.3 is 244 Å². The van der Waals surface area contributed by atoms with E-state index in [4.69, 9.17) is 90.0 Å². The van der Waals surface area contributed by atoms with Gasteiger partial charge in [-0.25, -0.2) is 0 Å². The molecule has 5 amide bonds. The maximum Gasteiger partial charge on any atom is 0.217 e. The van der Waals surface area contributed by atoms with Crippen LogP contribution in [0.15, 0.2) is 0 Å². The van der Waals surface area contributed by atoms with E-state index in [-0.39, 0.29) is 0 Å². The number of aliphatic hydroxyl groups is 25. The molecule has 0 aromatic carbocycles. The molecule has 0 aromatic heterocycles. The lowest BCUT2D eigenvalue weighted by molar-refractivity contribution is -0.405. The molecule has 10 fully saturated rings. The predicted molar refractivity (Wildman–Crippen MR) is 385 cm³/mol. The van der Waals surface area contributed by atoms with Crippen molar-refractivity contribution in [2.75, 3.05) is 52.9 Å². The Morgan fingerprint density at radius 3 is 1.00 bits per heavy atom. The number of ether oxygens (including phenoxy) is 19. The number of carbonyl (C=O) groups is 5. The first-order valence-electron chi connectivity index (χ1n) is 39.8. The van der Waals surface area contributed by atoms with E-state index in [2.05, 4.69) is 26.6 Å². The van der Waals surface area contributed by atoms with Crippen molar-refractivity contribution in [3.8, 4) is 0 Å². The van der Waals surface area contributed by atoms with Gasteiger partial charge >= 0.3 is 0 Å². The van der Waals surface area contributed by atoms with Crippen molar-refractivity contribution < 1.29 is 242 Å². The quantitative estimate of drug-likeness (QED) is 0.0306. The molecular weight excluding hydrogens is 1690 g/mol. The summed E-state index contributed by atoms with van der Waals surface area (Å²) in [6.07, 6.45) is -93.4. The molecule has 50 atom stereocenters. The monoisotopic (exact) mass is 1810 g/mol. The summed E-state index contributed by atoms with van der Waals surface area (Å²) in [5, 5.41) is 295. The minimum atomic E-state index is -2.69. The molecule has 0 unspecified atom stereocenters. The second-order valence-electron chi connectivity index (χ2n) is 31.7. The van der Waals surface area contributed by atoms with Crippen molar-refractivity contribution in [2.24, 2.45) is 0 Å². The van der Waals surface area contributed by atoms with Gasteiger partial charge in [-0.15, -0.1) is 0 Å². The molecule has 54 heteroatoms. The molecule has 10 aliphatic rings. The Labute approximate surface area is 703 Å². The summed E-state index contributed by atoms with van der Waals surface area (Å²) >= 11 is 0. The second kappa shape index (κ2) is 44.2. The van der Waals surface area contributed by atoms with E-state index in [0.29, 0.717) is 0 Å². The molecule has 10 rings (SSSR count). The minimum absolute atomic E-state index is 0.850. The first-order chi connectivity index (χ1) is 58.5. The van der Waals surface area contributed by atoms with E-state index >= 15 is 0 Å². The molecule has 0 aliphatic carbocycles. The zero-order valence-corrected chi connectivity index (χ0v) is 67.5. The van der Waals surface area contributed by atoms with Gasteiger partial charge in [-0.3, -0.25) is 24.0 Å². The van der Waals surface area contributed by atoms with Gasteiger partial charge in [0.1, 0.15) is 232 Å². The summed E-state index contributed by atoms with van der Waals surface area (Å²) in [5.41, 5.74) is 0. The summed E-state index contributed by atoms with van der Waals surface area (Å²) in [6.45, 7) is -1.74. The molecule has 0 aromatic rings. The molecule has 716 valence electrons. The number of aliphatic hydroxyl groups excluding tert-OH is 25. The third kappa shape index (κ3) is 22.7. The fourth-order valence-electron chi connectivity index (χ4n) is 16.1. The summed E-state index contributed by atoms with van der Waals surface area (Å²) in [6, 6.07) is -9.44. The van der Waals surface area contributed by atoms with Crippen molar-refractivity contribution in [3.05, 3.63) is 0 Å². The highest BCUT2D eigenvalue weighted by molar-refractivity contribution is 5.75. The van der Waals surface area contributed by atoms with Crippen LogP contribution in [0.3, 0.4) is 0 Å². The highest BCUT2D eigenvalue weighted by Gasteiger charge is 2.62. The summed E-state index contributed by atoms with van der Waals surface area (Å²) in [7, 11) is 0. The van der Waals surface area contributed by atoms with Crippen molar-refractivity contribution in [1.29, 1.82) is 0 Å². The lowest BCUT2D eigenvalue weighted by atomic mass is 9.93. The lowest BCUT2D eigenvalue weighted by Crippen LogP contribution is -2.71. The topological polar surface area (TPSA) is 827 Å². The van der Waals surface area contributed by atoms with Gasteiger partial charge in [-0.1, -0.05) is 0 Å². The third-order valence-electron chi connectivity index (χ3n) is 22.8. The van der Waals surface area contributed by atoms with Gasteiger partial charge in [0.2, 0.25) is 29.5 Å². The van der Waals surface area contributed by atoms with Crippen molar-refractivity contribution in [3.63, 3.8) is 0 Å². The molecular formula is C70H117N5O49. The fourth-order valence-corrected chi connectivity index (χ4v) is 16.1. The van der Waals surface area contributed by atoms with Gasteiger partial charge in [0.25, 0.3) is 0 Å². The predicted octanol–water partition coefficient (Wildman–Crippen LogP) is -20.0. The van der Waals surface area contributed by atoms with Gasteiger partial charge in [0.15, 0.2) is 62.9 Å². The van der Waals surface area contributed by atoms with Crippen LogP contribution in [0.1, 0.15) is 48.5 Å². The molecule has 10 saturated heterocycles. The number of hydrogen-bond donors (Lipinski definition) is 30. The van der Waals surface area contributed by atoms with E-state index in [1.54, 1.807) is 0 Å². The Morgan fingerprint density at radius 2 is 0.524 bits per heavy atom. The first kappa shape index (κ1) is 102. The summed E-state index contributed by atoms with van der Waals surface area (Å²) < 4.78 is 115. The van der Waals surface area contributed by atoms with E-state index < -0.39 is 389 Å². The maximum absolute atomic E-state index is 13.4. The zero-order chi connectivity index (χ0) is 91.4. The third-order valence-corrected chi connectivity index (χ3v) is 22.8. The second-order valence-corrected chi connectivity index (χ2v) is 31.7. The molecule has 0 bridgehead atoms. The average molecular weight is 1810 g/mol. The van der Waals surface area contributed by atoms with E-state index in [1.165, 1.54) is 13.8 Å². The van der Waals surface area contributed by atoms with E-state index in [0.717, 1.165) is 34.6 Å². The lowest BCUT2D eigenvalue weighted by Gasteiger charge is -2.52. The Balaban J connectivity index is 1.05. The van der Waals surface area contributed by atoms with Crippen molar-refractivity contribution >= 4 is 29.5 Å². The first-order valence-corrected chi connectivity index (χ1v) is 39.8. The SMILES string of the molecule is CC(=O)N[C@@H]1[C@@H](O)[C@H](O[C@@H]2O[C@H](CO)[C@@H](O[C@@H]3O[C@H](CO[C@H]4O[C@H](CO)[C@@H](O)[C@H](O)[C@@H]4O[C@@H]4O[C@H](CO)[C@@H](O)[C@H](O)[C@H]4NC(C)=O)[C@@H](O)[C@H](O[C@H]4O[C@H](CO)[C@@H](O[C@@H]5O[C@H](CO)[C@@H](O)[C@H](O)[C@H]5NC(C)=O)[C@H](O)[C@@H]4O[C@@H]4O[C@H](CO)[C@@H](O)[C@H](O[C@@H]5O[C@@H](C)[C@@H](O)[C@@H](O)[C@@H]5O)[C@H]4NC(C)=O)[C@@H]3O)[C@H](O)[C@H]2NC(C)=O)[C@@H](CO[C@@H]2O[C@@H](C)[C@@H](O)[C@@H](O)[C@@H]2O)O[C@H]1O. The largest absolute Gasteiger partial charge is 0.394 e. The number of hydrogen-bond acceptors (Lipinski definition) is 49. The van der Waals surface area contributed by atoms with Crippen LogP contribution in [0.4, 0.5) is 0 Å². The van der Waals surface area contributed by atoms with Gasteiger partial charge in [0, 0.05) is 34.6 Å². The number of carbonyl (C=O) groups excluding carboxylic acids is 5. The number of rotatable bonds is 31. The van der Waals surface area contributed by atoms with E-state index in [9.17, 15) is 152 Å². The normalized spacial score (nSPS) is 49.0. The summed E-state index contributed by atoms with van der Waals surface area (Å²) in [4.78, 5) is 64.5. The maximum atomic E-state index is 13.4. The number of amides is 5. The molecule has 0 spiro atoms. The molecule has 54 nitrogen and oxygen atoms in total. The molecule has 10 heterocycles. The molecule has 30 N–H and O–H groups in total. The Morgan fingerprint density at radius 1 is 0.226 bits per heavy atom. The highest BCUT2D eigenvalue weighted by Crippen LogP contribution is 2.41. The van der Waals surface area contributed by atoms with Crippen LogP contribution >= 0.6 is 0 Å². The van der Waals surface area contributed by atoms with Crippen LogP contribution in [-0.2, 0) is 114 Å². The highest BCUT2D eigenvalue weighted by atomic mass is 16.8. The molecule has 0 saturated carbocycles. The Kier molecular flexibility index (Phi) is 36.3. The molecule has 10 aliphatic heterocycles. The van der Waals surface area contributed by atoms with Gasteiger partial charge in [0.05, 0.1) is 65.1 Å². The Bertz CT molecular complexity index is 3400. The smallest absolute Gasteiger partial charge is 0.217 e. The molecule has 0 radical (unpaired) electrons. The zero-order valence-electron chi connectivity index (χ0n) is 67.5. The van der Waals surface area contributed by atoms with Crippen LogP contribution in [0.5, 0.6) is 0 Å². The fraction of sp³-hybridized carbons (Fsp3) is 0.929. The summed E-state index contributed by atoms with van der Waals surface area (Å²) in [5.74, 6) is -4.62. The van der Waals surface area contributed by atoms with Crippen LogP contribution in [-0.4, -0.2) is 517 Å². The van der Waals surface area contributed by atoms with Crippen LogP contribution < -0.4 is 26.6 Å². The average Bonchev–Trinajstić information content (AvgIpc) is 0.760. The number of nitrogens with one attached hydrogen (secondary N) is 5. The van der Waals surface area contributed by atoms with Crippen LogP contribution in [0, 0.1) is 0 Å². The van der Waals surface area contributed by atoms with Crippen LogP contribution in [0.2, 0.25) is 0 Å². The van der Waals surface area contributed by atoms with Crippen molar-refractivity contribution in [1.82, 2.24) is 26.6 Å². The van der Waals surface area contributed by atoms with Crippen LogP contribution in [0.25, 0.3) is 0 Å². The van der Waals surface area contributed by atoms with Gasteiger partial charge in [-0.2, -0.15) is 0 Å². The van der Waals surface area contributed by atoms with Gasteiger partial charge in [-0.05, 0) is 13.8 Å². The molecule has 124 heavy (non-hydrogen) atoms.